The monoisotopic (exact) mass is 572 g/mol. The van der Waals surface area contributed by atoms with E-state index in [-0.39, 0.29) is 11.1 Å². The highest BCUT2D eigenvalue weighted by molar-refractivity contribution is 6.99. The third-order valence-corrected chi connectivity index (χ3v) is 13.3. The van der Waals surface area contributed by atoms with Crippen LogP contribution in [-0.4, -0.2) is 53.6 Å². The Labute approximate surface area is 240 Å². The van der Waals surface area contributed by atoms with Crippen LogP contribution >= 0.6 is 0 Å². The third-order valence-electron chi connectivity index (χ3n) is 8.25. The average molecular weight is 573 g/mol. The van der Waals surface area contributed by atoms with Crippen LogP contribution in [0.4, 0.5) is 0 Å². The molecule has 1 aliphatic rings. The molecule has 9 nitrogen and oxygen atoms in total. The maximum atomic E-state index is 13.6. The van der Waals surface area contributed by atoms with Crippen molar-refractivity contribution >= 4 is 41.8 Å². The molecule has 3 atom stereocenters. The molecule has 0 spiro atoms. The molecule has 1 fully saturated rings. The van der Waals surface area contributed by atoms with Gasteiger partial charge in [-0.2, -0.15) is 0 Å². The Morgan fingerprint density at radius 1 is 0.951 bits per heavy atom. The van der Waals surface area contributed by atoms with Crippen LogP contribution in [-0.2, 0) is 18.8 Å². The summed E-state index contributed by atoms with van der Waals surface area (Å²) in [6.07, 6.45) is 2.55. The summed E-state index contributed by atoms with van der Waals surface area (Å²) >= 11 is 0. The van der Waals surface area contributed by atoms with E-state index >= 15 is 0 Å². The van der Waals surface area contributed by atoms with Crippen molar-refractivity contribution in [3.63, 3.8) is 0 Å². The number of fused-ring (bicyclic) bond motifs is 1. The van der Waals surface area contributed by atoms with Crippen molar-refractivity contribution in [2.75, 3.05) is 7.11 Å². The van der Waals surface area contributed by atoms with Gasteiger partial charge < -0.3 is 14.0 Å². The summed E-state index contributed by atoms with van der Waals surface area (Å²) in [7, 11) is -1.53. The average Bonchev–Trinajstić information content (AvgIpc) is 3.38. The molecule has 2 aromatic heterocycles. The molecule has 4 aromatic rings. The zero-order valence-corrected chi connectivity index (χ0v) is 25.1. The molecular weight excluding hydrogens is 536 g/mol. The van der Waals surface area contributed by atoms with Crippen LogP contribution in [0.1, 0.15) is 47.0 Å². The lowest BCUT2D eigenvalue weighted by atomic mass is 9.66. The van der Waals surface area contributed by atoms with E-state index in [2.05, 4.69) is 60.3 Å². The smallest absolute Gasteiger partial charge is 0.339 e. The van der Waals surface area contributed by atoms with Crippen LogP contribution in [0.25, 0.3) is 11.2 Å². The van der Waals surface area contributed by atoms with E-state index in [9.17, 15) is 9.59 Å². The summed E-state index contributed by atoms with van der Waals surface area (Å²) in [6, 6.07) is 24.2. The van der Waals surface area contributed by atoms with E-state index < -0.39 is 31.6 Å². The second-order valence-corrected chi connectivity index (χ2v) is 16.1. The minimum absolute atomic E-state index is 0.228. The topological polar surface area (TPSA) is 105 Å². The fraction of sp³-hybridized carbons (Fsp3) is 0.387. The fourth-order valence-corrected chi connectivity index (χ4v) is 10.9. The lowest BCUT2D eigenvalue weighted by molar-refractivity contribution is -0.173. The molecule has 0 unspecified atom stereocenters. The molecule has 0 N–H and O–H groups in total. The molecule has 1 saturated carbocycles. The lowest BCUT2D eigenvalue weighted by Crippen LogP contribution is -2.68. The molecule has 10 heteroatoms. The van der Waals surface area contributed by atoms with Crippen molar-refractivity contribution in [3.05, 3.63) is 79.0 Å². The Bertz CT molecular complexity index is 1480. The highest BCUT2D eigenvalue weighted by atomic mass is 28.4. The number of rotatable bonds is 7. The standard InChI is InChI=1S/C31H36N4O5Si/c1-30(2,3)41(23-13-8-6-9-14-23,24-15-10-7-11-16-24)40-22-18-19-25(31(4,21-22)29(37)38-5)28(36)39-35-27-26(33-34-35)17-12-20-32-27/h6-17,20,22,25H,18-19,21H2,1-5H3/t22-,25-,31-/m0/s1. The highest BCUT2D eigenvalue weighted by Gasteiger charge is 2.56. The lowest BCUT2D eigenvalue weighted by Gasteiger charge is -2.48. The first-order valence-corrected chi connectivity index (χ1v) is 15.8. The van der Waals surface area contributed by atoms with E-state index in [0.717, 1.165) is 15.2 Å². The molecule has 2 heterocycles. The van der Waals surface area contributed by atoms with Gasteiger partial charge in [0, 0.05) is 12.3 Å². The quantitative estimate of drug-likeness (QED) is 0.188. The first-order chi connectivity index (χ1) is 19.6. The van der Waals surface area contributed by atoms with Gasteiger partial charge in [-0.15, -0.1) is 5.10 Å². The molecule has 0 radical (unpaired) electrons. The zero-order valence-electron chi connectivity index (χ0n) is 24.1. The van der Waals surface area contributed by atoms with Crippen molar-refractivity contribution < 1.29 is 23.6 Å². The number of benzene rings is 2. The third kappa shape index (κ3) is 5.17. The Morgan fingerprint density at radius 3 is 2.17 bits per heavy atom. The van der Waals surface area contributed by atoms with Crippen molar-refractivity contribution in [2.45, 2.75) is 58.1 Å². The van der Waals surface area contributed by atoms with Gasteiger partial charge in [0.05, 0.1) is 18.4 Å². The largest absolute Gasteiger partial charge is 0.469 e. The second-order valence-electron chi connectivity index (χ2n) is 11.9. The summed E-state index contributed by atoms with van der Waals surface area (Å²) in [5.41, 5.74) is -0.355. The number of hydrogen-bond donors (Lipinski definition) is 0. The van der Waals surface area contributed by atoms with Gasteiger partial charge in [0.1, 0.15) is 5.52 Å². The maximum Gasteiger partial charge on any atom is 0.339 e. The Hall–Kier alpha value is -3.89. The van der Waals surface area contributed by atoms with Gasteiger partial charge in [0.25, 0.3) is 8.32 Å². The number of esters is 1. The summed E-state index contributed by atoms with van der Waals surface area (Å²) in [4.78, 5) is 37.8. The highest BCUT2D eigenvalue weighted by Crippen LogP contribution is 2.46. The van der Waals surface area contributed by atoms with E-state index in [1.54, 1.807) is 25.3 Å². The summed E-state index contributed by atoms with van der Waals surface area (Å²) in [5.74, 6) is -1.83. The van der Waals surface area contributed by atoms with Gasteiger partial charge in [0.2, 0.25) is 5.65 Å². The summed E-state index contributed by atoms with van der Waals surface area (Å²) in [6.45, 7) is 8.43. The van der Waals surface area contributed by atoms with Crippen molar-refractivity contribution in [1.29, 1.82) is 0 Å². The molecule has 0 bridgehead atoms. The van der Waals surface area contributed by atoms with Gasteiger partial charge in [-0.25, -0.2) is 9.78 Å². The molecule has 5 rings (SSSR count). The van der Waals surface area contributed by atoms with Crippen LogP contribution < -0.4 is 15.2 Å². The number of hydrogen-bond acceptors (Lipinski definition) is 8. The minimum atomic E-state index is -2.87. The van der Waals surface area contributed by atoms with Crippen molar-refractivity contribution in [1.82, 2.24) is 20.1 Å². The van der Waals surface area contributed by atoms with E-state index in [1.165, 1.54) is 7.11 Å². The van der Waals surface area contributed by atoms with Gasteiger partial charge in [0.15, 0.2) is 0 Å². The SMILES string of the molecule is COC(=O)[C@@]1(C)C[C@@H](O[Si](c2ccccc2)(c2ccccc2)C(C)(C)C)CC[C@H]1C(=O)On1nnc2cccnc21. The number of ether oxygens (including phenoxy) is 1. The fourth-order valence-electron chi connectivity index (χ4n) is 6.22. The number of methoxy groups -OCH3 is 1. The van der Waals surface area contributed by atoms with Crippen LogP contribution in [0.2, 0.25) is 5.04 Å². The van der Waals surface area contributed by atoms with Gasteiger partial charge >= 0.3 is 11.9 Å². The predicted octanol–water partition coefficient (Wildman–Crippen LogP) is 3.71. The molecule has 0 aliphatic heterocycles. The first kappa shape index (κ1) is 28.6. The summed E-state index contributed by atoms with van der Waals surface area (Å²) in [5, 5.41) is 10.0. The molecule has 41 heavy (non-hydrogen) atoms. The number of nitrogens with zero attached hydrogens (tertiary/aromatic N) is 4. The molecule has 2 aromatic carbocycles. The number of aromatic nitrogens is 4. The zero-order chi connectivity index (χ0) is 29.3. The summed E-state index contributed by atoms with van der Waals surface area (Å²) < 4.78 is 12.6. The van der Waals surface area contributed by atoms with E-state index in [1.807, 2.05) is 36.4 Å². The molecule has 0 amide bonds. The van der Waals surface area contributed by atoms with Gasteiger partial charge in [-0.1, -0.05) is 81.4 Å². The maximum absolute atomic E-state index is 13.6. The predicted molar refractivity (Wildman–Crippen MR) is 157 cm³/mol. The molecule has 1 aliphatic carbocycles. The van der Waals surface area contributed by atoms with Crippen LogP contribution in [0.5, 0.6) is 0 Å². The Kier molecular flexibility index (Phi) is 7.80. The molecule has 0 saturated heterocycles. The number of carbonyl (C=O) groups excluding carboxylic acids is 2. The normalized spacial score (nSPS) is 21.4. The van der Waals surface area contributed by atoms with Crippen LogP contribution in [0, 0.1) is 11.3 Å². The first-order valence-electron chi connectivity index (χ1n) is 13.9. The van der Waals surface area contributed by atoms with E-state index in [4.69, 9.17) is 14.0 Å². The van der Waals surface area contributed by atoms with Gasteiger partial charge in [-0.3, -0.25) is 4.79 Å². The van der Waals surface area contributed by atoms with E-state index in [0.29, 0.717) is 30.4 Å². The van der Waals surface area contributed by atoms with Crippen LogP contribution in [0.15, 0.2) is 79.0 Å². The number of pyridine rings is 1. The Morgan fingerprint density at radius 2 is 1.59 bits per heavy atom. The Balaban J connectivity index is 1.48. The van der Waals surface area contributed by atoms with Crippen molar-refractivity contribution in [3.8, 4) is 0 Å². The molecular formula is C31H36N4O5Si. The number of carbonyl (C=O) groups is 2. The van der Waals surface area contributed by atoms with Gasteiger partial charge in [-0.05, 0) is 63.8 Å². The van der Waals surface area contributed by atoms with Crippen molar-refractivity contribution in [2.24, 2.45) is 11.3 Å². The minimum Gasteiger partial charge on any atom is -0.469 e. The second kappa shape index (κ2) is 11.2. The molecule has 214 valence electrons. The van der Waals surface area contributed by atoms with Crippen LogP contribution in [0.3, 0.4) is 0 Å².